The summed E-state index contributed by atoms with van der Waals surface area (Å²) < 4.78 is 5.60. The van der Waals surface area contributed by atoms with Gasteiger partial charge in [0, 0.05) is 18.9 Å². The highest BCUT2D eigenvalue weighted by molar-refractivity contribution is 5.85. The number of carbonyl (C=O) groups excluding carboxylic acids is 2. The van der Waals surface area contributed by atoms with Crippen LogP contribution in [0, 0.1) is 0 Å². The molecule has 0 aliphatic heterocycles. The van der Waals surface area contributed by atoms with E-state index < -0.39 is 24.0 Å². The molecule has 0 saturated carbocycles. The quantitative estimate of drug-likeness (QED) is 0.570. The number of hydrogen-bond donors (Lipinski definition) is 3. The normalized spacial score (nSPS) is 12.5. The zero-order valence-corrected chi connectivity index (χ0v) is 16.6. The second-order valence-corrected chi connectivity index (χ2v) is 6.58. The molecular weight excluding hydrogens is 372 g/mol. The van der Waals surface area contributed by atoms with E-state index in [1.165, 1.54) is 6.92 Å². The second kappa shape index (κ2) is 10.8. The lowest BCUT2D eigenvalue weighted by Crippen LogP contribution is -2.43. The van der Waals surface area contributed by atoms with Crippen molar-refractivity contribution in [2.24, 2.45) is 0 Å². The van der Waals surface area contributed by atoms with Gasteiger partial charge in [0.2, 0.25) is 11.8 Å². The third kappa shape index (κ3) is 6.95. The first kappa shape index (κ1) is 21.9. The van der Waals surface area contributed by atoms with Gasteiger partial charge in [-0.2, -0.15) is 0 Å². The molecule has 2 amide bonds. The molecule has 7 heteroatoms. The molecule has 0 aliphatic rings. The Kier molecular flexibility index (Phi) is 8.21. The van der Waals surface area contributed by atoms with Crippen molar-refractivity contribution < 1.29 is 24.2 Å². The molecule has 154 valence electrons. The standard InChI is InChI=1S/C22H26N2O5/c1-3-29-20-12-8-7-11-17(20)18(23-15(2)25)14-21(26)24-19(22(27)28)13-16-9-5-4-6-10-16/h4-12,18-19H,3,13-14H2,1-2H3,(H,23,25)(H,24,26)(H,27,28)/t18?,19-/m0/s1. The minimum Gasteiger partial charge on any atom is -0.494 e. The summed E-state index contributed by atoms with van der Waals surface area (Å²) in [5.41, 5.74) is 1.47. The van der Waals surface area contributed by atoms with E-state index in [0.29, 0.717) is 17.9 Å². The van der Waals surface area contributed by atoms with Crippen molar-refractivity contribution >= 4 is 17.8 Å². The Morgan fingerprint density at radius 2 is 1.66 bits per heavy atom. The number of amides is 2. The first-order chi connectivity index (χ1) is 13.9. The predicted octanol–water partition coefficient (Wildman–Crippen LogP) is 2.46. The van der Waals surface area contributed by atoms with E-state index >= 15 is 0 Å². The van der Waals surface area contributed by atoms with E-state index in [1.807, 2.05) is 25.1 Å². The van der Waals surface area contributed by atoms with E-state index in [0.717, 1.165) is 5.56 Å². The molecule has 0 bridgehead atoms. The van der Waals surface area contributed by atoms with E-state index in [9.17, 15) is 19.5 Å². The van der Waals surface area contributed by atoms with Crippen molar-refractivity contribution in [3.05, 3.63) is 65.7 Å². The van der Waals surface area contributed by atoms with Crippen LogP contribution in [0.4, 0.5) is 0 Å². The Hall–Kier alpha value is -3.35. The van der Waals surface area contributed by atoms with Gasteiger partial charge in [0.05, 0.1) is 19.1 Å². The zero-order valence-electron chi connectivity index (χ0n) is 16.6. The largest absolute Gasteiger partial charge is 0.494 e. The summed E-state index contributed by atoms with van der Waals surface area (Å²) in [6.07, 6.45) is 0.0600. The summed E-state index contributed by atoms with van der Waals surface area (Å²) in [5, 5.41) is 14.8. The second-order valence-electron chi connectivity index (χ2n) is 6.58. The molecule has 2 atom stereocenters. The molecule has 2 aromatic carbocycles. The number of benzene rings is 2. The van der Waals surface area contributed by atoms with Crippen LogP contribution >= 0.6 is 0 Å². The Balaban J connectivity index is 2.14. The van der Waals surface area contributed by atoms with Gasteiger partial charge in [-0.15, -0.1) is 0 Å². The van der Waals surface area contributed by atoms with Crippen LogP contribution in [0.3, 0.4) is 0 Å². The Bertz CT molecular complexity index is 838. The molecule has 29 heavy (non-hydrogen) atoms. The topological polar surface area (TPSA) is 105 Å². The third-order valence-corrected chi connectivity index (χ3v) is 4.28. The summed E-state index contributed by atoms with van der Waals surface area (Å²) in [5.74, 6) is -1.32. The van der Waals surface area contributed by atoms with Crippen molar-refractivity contribution in [2.45, 2.75) is 38.8 Å². The summed E-state index contributed by atoms with van der Waals surface area (Å²) in [6, 6.07) is 14.5. The van der Waals surface area contributed by atoms with Crippen LogP contribution < -0.4 is 15.4 Å². The number of carbonyl (C=O) groups is 3. The number of carboxylic acids is 1. The zero-order chi connectivity index (χ0) is 21.2. The predicted molar refractivity (Wildman–Crippen MR) is 108 cm³/mol. The number of aliphatic carboxylic acids is 1. The maximum absolute atomic E-state index is 12.6. The van der Waals surface area contributed by atoms with Gasteiger partial charge in [0.1, 0.15) is 11.8 Å². The van der Waals surface area contributed by atoms with E-state index in [-0.39, 0.29) is 18.7 Å². The monoisotopic (exact) mass is 398 g/mol. The van der Waals surface area contributed by atoms with Gasteiger partial charge in [-0.1, -0.05) is 48.5 Å². The molecule has 0 aliphatic carbocycles. The highest BCUT2D eigenvalue weighted by atomic mass is 16.5. The number of para-hydroxylation sites is 1. The molecule has 0 saturated heterocycles. The minimum absolute atomic E-state index is 0.109. The fourth-order valence-corrected chi connectivity index (χ4v) is 3.03. The van der Waals surface area contributed by atoms with E-state index in [1.54, 1.807) is 36.4 Å². The number of rotatable bonds is 10. The molecule has 0 aromatic heterocycles. The molecule has 7 nitrogen and oxygen atoms in total. The van der Waals surface area contributed by atoms with Gasteiger partial charge < -0.3 is 20.5 Å². The number of hydrogen-bond acceptors (Lipinski definition) is 4. The molecule has 3 N–H and O–H groups in total. The molecule has 0 radical (unpaired) electrons. The molecule has 0 heterocycles. The van der Waals surface area contributed by atoms with Crippen molar-refractivity contribution in [1.82, 2.24) is 10.6 Å². The summed E-state index contributed by atoms with van der Waals surface area (Å²) in [6.45, 7) is 3.65. The van der Waals surface area contributed by atoms with Crippen molar-refractivity contribution in [3.63, 3.8) is 0 Å². The number of nitrogens with one attached hydrogen (secondary N) is 2. The van der Waals surface area contributed by atoms with Gasteiger partial charge in [-0.25, -0.2) is 4.79 Å². The van der Waals surface area contributed by atoms with E-state index in [2.05, 4.69) is 10.6 Å². The molecule has 2 rings (SSSR count). The third-order valence-electron chi connectivity index (χ3n) is 4.28. The molecular formula is C22H26N2O5. The first-order valence-electron chi connectivity index (χ1n) is 9.45. The van der Waals surface area contributed by atoms with Crippen LogP contribution in [-0.2, 0) is 20.8 Å². The fraction of sp³-hybridized carbons (Fsp3) is 0.318. The number of carboxylic acid groups (broad SMARTS) is 1. The van der Waals surface area contributed by atoms with Gasteiger partial charge in [-0.3, -0.25) is 9.59 Å². The van der Waals surface area contributed by atoms with Crippen molar-refractivity contribution in [3.8, 4) is 5.75 Å². The minimum atomic E-state index is -1.12. The molecule has 1 unspecified atom stereocenters. The van der Waals surface area contributed by atoms with Crippen LogP contribution in [0.15, 0.2) is 54.6 Å². The van der Waals surface area contributed by atoms with Crippen LogP contribution in [0.25, 0.3) is 0 Å². The Morgan fingerprint density at radius 1 is 1.00 bits per heavy atom. The maximum atomic E-state index is 12.6. The molecule has 0 spiro atoms. The van der Waals surface area contributed by atoms with Crippen LogP contribution in [0.2, 0.25) is 0 Å². The van der Waals surface area contributed by atoms with Gasteiger partial charge in [0.15, 0.2) is 0 Å². The molecule has 0 fully saturated rings. The lowest BCUT2D eigenvalue weighted by molar-refractivity contribution is -0.142. The highest BCUT2D eigenvalue weighted by Crippen LogP contribution is 2.27. The summed E-state index contributed by atoms with van der Waals surface area (Å²) in [7, 11) is 0. The Morgan fingerprint density at radius 3 is 2.28 bits per heavy atom. The Labute approximate surface area is 170 Å². The first-order valence-corrected chi connectivity index (χ1v) is 9.45. The van der Waals surface area contributed by atoms with Gasteiger partial charge in [0.25, 0.3) is 0 Å². The summed E-state index contributed by atoms with van der Waals surface area (Å²) >= 11 is 0. The van der Waals surface area contributed by atoms with Gasteiger partial charge >= 0.3 is 5.97 Å². The van der Waals surface area contributed by atoms with Gasteiger partial charge in [-0.05, 0) is 18.6 Å². The van der Waals surface area contributed by atoms with Crippen LogP contribution in [-0.4, -0.2) is 35.5 Å². The highest BCUT2D eigenvalue weighted by Gasteiger charge is 2.25. The van der Waals surface area contributed by atoms with Crippen LogP contribution in [0.1, 0.15) is 37.4 Å². The van der Waals surface area contributed by atoms with Crippen LogP contribution in [0.5, 0.6) is 5.75 Å². The fourth-order valence-electron chi connectivity index (χ4n) is 3.03. The van der Waals surface area contributed by atoms with Crippen molar-refractivity contribution in [1.29, 1.82) is 0 Å². The van der Waals surface area contributed by atoms with Crippen molar-refractivity contribution in [2.75, 3.05) is 6.61 Å². The average Bonchev–Trinajstić information content (AvgIpc) is 2.68. The lowest BCUT2D eigenvalue weighted by Gasteiger charge is -2.22. The summed E-state index contributed by atoms with van der Waals surface area (Å²) in [4.78, 5) is 35.9. The smallest absolute Gasteiger partial charge is 0.326 e. The average molecular weight is 398 g/mol. The SMILES string of the molecule is CCOc1ccccc1C(CC(=O)N[C@@H](Cc1ccccc1)C(=O)O)NC(C)=O. The maximum Gasteiger partial charge on any atom is 0.326 e. The molecule has 2 aromatic rings. The van der Waals surface area contributed by atoms with E-state index in [4.69, 9.17) is 4.74 Å². The lowest BCUT2D eigenvalue weighted by atomic mass is 10.0. The number of ether oxygens (including phenoxy) is 1.